The molecule has 19 heavy (non-hydrogen) atoms. The Labute approximate surface area is 106 Å². The first kappa shape index (κ1) is 15.4. The van der Waals surface area contributed by atoms with Crippen LogP contribution in [0.15, 0.2) is 18.2 Å². The van der Waals surface area contributed by atoms with Crippen LogP contribution < -0.4 is 11.1 Å². The van der Waals surface area contributed by atoms with Gasteiger partial charge in [-0.05, 0) is 18.2 Å². The molecule has 0 saturated heterocycles. The number of carbonyl (C=O) groups excluding carboxylic acids is 1. The number of rotatable bonds is 4. The molecule has 0 aliphatic rings. The number of methoxy groups -OCH3 is 1. The fourth-order valence-electron chi connectivity index (χ4n) is 1.35. The number of hydrogen-bond acceptors (Lipinski definition) is 3. The SMILES string of the molecule is COC(CN)C(=O)Nc1ccc(F)c(C(F)(F)F)c1. The summed E-state index contributed by atoms with van der Waals surface area (Å²) in [7, 11) is 1.24. The minimum Gasteiger partial charge on any atom is -0.370 e. The highest BCUT2D eigenvalue weighted by Gasteiger charge is 2.34. The number of hydrogen-bond donors (Lipinski definition) is 2. The van der Waals surface area contributed by atoms with Gasteiger partial charge in [-0.3, -0.25) is 4.79 Å². The van der Waals surface area contributed by atoms with Crippen molar-refractivity contribution in [3.63, 3.8) is 0 Å². The fourth-order valence-corrected chi connectivity index (χ4v) is 1.35. The van der Waals surface area contributed by atoms with Gasteiger partial charge >= 0.3 is 6.18 Å². The van der Waals surface area contributed by atoms with E-state index < -0.39 is 29.6 Å². The van der Waals surface area contributed by atoms with Crippen LogP contribution in [0.25, 0.3) is 0 Å². The smallest absolute Gasteiger partial charge is 0.370 e. The number of nitrogens with one attached hydrogen (secondary N) is 1. The Hall–Kier alpha value is -1.67. The molecule has 1 rings (SSSR count). The van der Waals surface area contributed by atoms with Crippen molar-refractivity contribution in [1.29, 1.82) is 0 Å². The van der Waals surface area contributed by atoms with E-state index in [1.165, 1.54) is 7.11 Å². The van der Waals surface area contributed by atoms with Gasteiger partial charge in [-0.15, -0.1) is 0 Å². The number of benzene rings is 1. The van der Waals surface area contributed by atoms with E-state index in [1.54, 1.807) is 0 Å². The summed E-state index contributed by atoms with van der Waals surface area (Å²) < 4.78 is 55.1. The Morgan fingerprint density at radius 3 is 2.58 bits per heavy atom. The summed E-state index contributed by atoms with van der Waals surface area (Å²) in [5.41, 5.74) is 3.60. The fraction of sp³-hybridized carbons (Fsp3) is 0.364. The summed E-state index contributed by atoms with van der Waals surface area (Å²) >= 11 is 0. The lowest BCUT2D eigenvalue weighted by Crippen LogP contribution is -2.36. The first-order valence-electron chi connectivity index (χ1n) is 5.20. The summed E-state index contributed by atoms with van der Waals surface area (Å²) in [6.07, 6.45) is -5.82. The largest absolute Gasteiger partial charge is 0.419 e. The van der Waals surface area contributed by atoms with Crippen LogP contribution in [-0.4, -0.2) is 25.7 Å². The molecule has 0 aliphatic carbocycles. The zero-order valence-corrected chi connectivity index (χ0v) is 9.92. The summed E-state index contributed by atoms with van der Waals surface area (Å²) in [6.45, 7) is -0.129. The molecule has 0 aliphatic heterocycles. The minimum atomic E-state index is -4.83. The summed E-state index contributed by atoms with van der Waals surface area (Å²) in [4.78, 5) is 11.5. The summed E-state index contributed by atoms with van der Waals surface area (Å²) in [5, 5.41) is 2.17. The van der Waals surface area contributed by atoms with Crippen LogP contribution in [0.5, 0.6) is 0 Å². The number of ether oxygens (including phenoxy) is 1. The molecule has 1 aromatic rings. The van der Waals surface area contributed by atoms with Crippen molar-refractivity contribution in [2.75, 3.05) is 19.0 Å². The lowest BCUT2D eigenvalue weighted by molar-refractivity contribution is -0.140. The molecule has 8 heteroatoms. The maximum absolute atomic E-state index is 13.0. The normalized spacial score (nSPS) is 13.2. The van der Waals surface area contributed by atoms with Gasteiger partial charge in [-0.25, -0.2) is 4.39 Å². The third-order valence-corrected chi connectivity index (χ3v) is 2.33. The van der Waals surface area contributed by atoms with Gasteiger partial charge in [-0.1, -0.05) is 0 Å². The Balaban J connectivity index is 2.95. The highest BCUT2D eigenvalue weighted by Crippen LogP contribution is 2.32. The minimum absolute atomic E-state index is 0.129. The van der Waals surface area contributed by atoms with Crippen LogP contribution in [0, 0.1) is 5.82 Å². The predicted octanol–water partition coefficient (Wildman–Crippen LogP) is 1.76. The Morgan fingerprint density at radius 2 is 2.11 bits per heavy atom. The molecule has 1 amide bonds. The first-order valence-corrected chi connectivity index (χ1v) is 5.20. The molecule has 1 unspecified atom stereocenters. The number of anilines is 1. The van der Waals surface area contributed by atoms with E-state index in [0.29, 0.717) is 12.1 Å². The van der Waals surface area contributed by atoms with Gasteiger partial charge in [-0.2, -0.15) is 13.2 Å². The number of nitrogens with two attached hydrogens (primary N) is 1. The van der Waals surface area contributed by atoms with Crippen molar-refractivity contribution in [3.05, 3.63) is 29.6 Å². The predicted molar refractivity (Wildman–Crippen MR) is 59.9 cm³/mol. The van der Waals surface area contributed by atoms with Crippen LogP contribution >= 0.6 is 0 Å². The molecule has 4 nitrogen and oxygen atoms in total. The van der Waals surface area contributed by atoms with Crippen molar-refractivity contribution in [2.45, 2.75) is 12.3 Å². The highest BCUT2D eigenvalue weighted by atomic mass is 19.4. The molecule has 3 N–H and O–H groups in total. The maximum Gasteiger partial charge on any atom is 0.419 e. The van der Waals surface area contributed by atoms with E-state index in [9.17, 15) is 22.4 Å². The lowest BCUT2D eigenvalue weighted by atomic mass is 10.1. The molecule has 0 bridgehead atoms. The molecular weight excluding hydrogens is 268 g/mol. The molecule has 0 aromatic heterocycles. The standard InChI is InChI=1S/C11H12F4N2O2/c1-19-9(5-16)10(18)17-6-2-3-8(12)7(4-6)11(13,14)15/h2-4,9H,5,16H2,1H3,(H,17,18). The second-order valence-corrected chi connectivity index (χ2v) is 3.64. The first-order chi connectivity index (χ1) is 8.79. The molecule has 0 spiro atoms. The van der Waals surface area contributed by atoms with Crippen molar-refractivity contribution < 1.29 is 27.1 Å². The zero-order chi connectivity index (χ0) is 14.6. The van der Waals surface area contributed by atoms with Gasteiger partial charge in [0.2, 0.25) is 0 Å². The van der Waals surface area contributed by atoms with Crippen LogP contribution in [0.4, 0.5) is 23.2 Å². The molecule has 1 aromatic carbocycles. The summed E-state index contributed by atoms with van der Waals surface area (Å²) in [5.74, 6) is -2.11. The van der Waals surface area contributed by atoms with E-state index in [1.807, 2.05) is 0 Å². The number of alkyl halides is 3. The van der Waals surface area contributed by atoms with Crippen molar-refractivity contribution in [1.82, 2.24) is 0 Å². The van der Waals surface area contributed by atoms with E-state index >= 15 is 0 Å². The van der Waals surface area contributed by atoms with Gasteiger partial charge in [0.25, 0.3) is 5.91 Å². The Bertz CT molecular complexity index is 458. The van der Waals surface area contributed by atoms with E-state index in [2.05, 4.69) is 5.32 Å². The van der Waals surface area contributed by atoms with Crippen LogP contribution in [-0.2, 0) is 15.7 Å². The quantitative estimate of drug-likeness (QED) is 0.826. The van der Waals surface area contributed by atoms with Gasteiger partial charge < -0.3 is 15.8 Å². The third kappa shape index (κ3) is 3.90. The molecule has 0 saturated carbocycles. The molecule has 0 heterocycles. The summed E-state index contributed by atoms with van der Waals surface area (Å²) in [6, 6.07) is 2.16. The molecule has 106 valence electrons. The molecule has 0 radical (unpaired) electrons. The van der Waals surface area contributed by atoms with E-state index in [4.69, 9.17) is 10.5 Å². The van der Waals surface area contributed by atoms with Crippen molar-refractivity contribution in [2.24, 2.45) is 5.73 Å². The molecule has 1 atom stereocenters. The van der Waals surface area contributed by atoms with Crippen LogP contribution in [0.3, 0.4) is 0 Å². The Morgan fingerprint density at radius 1 is 1.47 bits per heavy atom. The Kier molecular flexibility index (Phi) is 4.84. The van der Waals surface area contributed by atoms with Gasteiger partial charge in [0, 0.05) is 19.3 Å². The topological polar surface area (TPSA) is 64.3 Å². The number of carbonyl (C=O) groups is 1. The number of amides is 1. The zero-order valence-electron chi connectivity index (χ0n) is 9.92. The average molecular weight is 280 g/mol. The monoisotopic (exact) mass is 280 g/mol. The molecular formula is C11H12F4N2O2. The maximum atomic E-state index is 13.0. The van der Waals surface area contributed by atoms with Gasteiger partial charge in [0.05, 0.1) is 5.56 Å². The second-order valence-electron chi connectivity index (χ2n) is 3.64. The average Bonchev–Trinajstić information content (AvgIpc) is 2.31. The second kappa shape index (κ2) is 5.98. The van der Waals surface area contributed by atoms with Gasteiger partial charge in [0.1, 0.15) is 11.9 Å². The van der Waals surface area contributed by atoms with E-state index in [-0.39, 0.29) is 12.2 Å². The van der Waals surface area contributed by atoms with E-state index in [0.717, 1.165) is 6.07 Å². The molecule has 0 fully saturated rings. The van der Waals surface area contributed by atoms with Gasteiger partial charge in [0.15, 0.2) is 0 Å². The number of halogens is 4. The van der Waals surface area contributed by atoms with Crippen molar-refractivity contribution in [3.8, 4) is 0 Å². The highest BCUT2D eigenvalue weighted by molar-refractivity contribution is 5.94. The lowest BCUT2D eigenvalue weighted by Gasteiger charge is -2.14. The van der Waals surface area contributed by atoms with Crippen molar-refractivity contribution >= 4 is 11.6 Å². The van der Waals surface area contributed by atoms with Crippen LogP contribution in [0.2, 0.25) is 0 Å². The van der Waals surface area contributed by atoms with Crippen LogP contribution in [0.1, 0.15) is 5.56 Å². The third-order valence-electron chi connectivity index (χ3n) is 2.33.